The van der Waals surface area contributed by atoms with Crippen LogP contribution in [0.3, 0.4) is 0 Å². The second-order valence-corrected chi connectivity index (χ2v) is 6.48. The summed E-state index contributed by atoms with van der Waals surface area (Å²) in [5.74, 6) is 3.90. The minimum absolute atomic E-state index is 0.260. The van der Waals surface area contributed by atoms with Crippen molar-refractivity contribution in [3.8, 4) is 11.5 Å². The summed E-state index contributed by atoms with van der Waals surface area (Å²) in [4.78, 5) is 21.9. The zero-order chi connectivity index (χ0) is 18.8. The van der Waals surface area contributed by atoms with Crippen LogP contribution in [0.2, 0.25) is 0 Å². The first-order chi connectivity index (χ1) is 13.8. The summed E-state index contributed by atoms with van der Waals surface area (Å²) >= 11 is 0. The quantitative estimate of drug-likeness (QED) is 0.734. The number of ether oxygens (including phenoxy) is 2. The smallest absolute Gasteiger partial charge is 0.231 e. The number of anilines is 4. The second kappa shape index (κ2) is 7.18. The molecule has 0 unspecified atom stereocenters. The molecule has 4 heterocycles. The molecule has 28 heavy (non-hydrogen) atoms. The highest BCUT2D eigenvalue weighted by Gasteiger charge is 2.20. The number of benzene rings is 1. The van der Waals surface area contributed by atoms with E-state index in [1.807, 2.05) is 30.3 Å². The Bertz CT molecular complexity index is 962. The van der Waals surface area contributed by atoms with Gasteiger partial charge in [-0.25, -0.2) is 19.9 Å². The molecule has 142 valence electrons. The molecule has 0 radical (unpaired) electrons. The van der Waals surface area contributed by atoms with Crippen LogP contribution in [0.15, 0.2) is 49.1 Å². The number of nitrogens with zero attached hydrogens (tertiary/aromatic N) is 6. The van der Waals surface area contributed by atoms with Gasteiger partial charge in [-0.15, -0.1) is 0 Å². The average molecular weight is 377 g/mol. The fraction of sp³-hybridized carbons (Fsp3) is 0.263. The lowest BCUT2D eigenvalue weighted by molar-refractivity contribution is 0.174. The third-order valence-corrected chi connectivity index (χ3v) is 4.74. The maximum atomic E-state index is 5.42. The van der Waals surface area contributed by atoms with E-state index >= 15 is 0 Å². The second-order valence-electron chi connectivity index (χ2n) is 6.48. The van der Waals surface area contributed by atoms with Gasteiger partial charge in [-0.3, -0.25) is 0 Å². The standard InChI is InChI=1S/C19H19N7O2/c1-4-20-19(21-5-1)26-8-6-25(7-9-26)18-11-17(22-12-23-18)24-14-2-3-15-16(10-14)28-13-27-15/h1-5,10-12H,6-9,13H2,(H,22,23,24). The highest BCUT2D eigenvalue weighted by molar-refractivity contribution is 5.63. The fourth-order valence-corrected chi connectivity index (χ4v) is 3.30. The summed E-state index contributed by atoms with van der Waals surface area (Å²) in [6.07, 6.45) is 5.12. The number of aromatic nitrogens is 4. The first kappa shape index (κ1) is 16.5. The molecule has 0 atom stereocenters. The first-order valence-corrected chi connectivity index (χ1v) is 9.11. The molecular formula is C19H19N7O2. The molecule has 1 fully saturated rings. The van der Waals surface area contributed by atoms with Gasteiger partial charge in [0.15, 0.2) is 11.5 Å². The number of rotatable bonds is 4. The number of hydrogen-bond donors (Lipinski definition) is 1. The monoisotopic (exact) mass is 377 g/mol. The Kier molecular flexibility index (Phi) is 4.24. The third-order valence-electron chi connectivity index (χ3n) is 4.74. The normalized spacial score (nSPS) is 15.6. The summed E-state index contributed by atoms with van der Waals surface area (Å²) in [6.45, 7) is 3.64. The van der Waals surface area contributed by atoms with E-state index in [4.69, 9.17) is 9.47 Å². The summed E-state index contributed by atoms with van der Waals surface area (Å²) in [5, 5.41) is 3.30. The van der Waals surface area contributed by atoms with Gasteiger partial charge in [0.05, 0.1) is 0 Å². The molecule has 9 nitrogen and oxygen atoms in total. The molecule has 1 aromatic carbocycles. The topological polar surface area (TPSA) is 88.5 Å². The van der Waals surface area contributed by atoms with Crippen LogP contribution in [0.25, 0.3) is 0 Å². The molecule has 1 N–H and O–H groups in total. The maximum absolute atomic E-state index is 5.42. The van der Waals surface area contributed by atoms with E-state index < -0.39 is 0 Å². The Balaban J connectivity index is 1.26. The van der Waals surface area contributed by atoms with Gasteiger partial charge in [0.2, 0.25) is 12.7 Å². The SMILES string of the molecule is c1cnc(N2CCN(c3cc(Nc4ccc5c(c4)OCO5)ncn3)CC2)nc1. The average Bonchev–Trinajstić information content (AvgIpc) is 3.23. The van der Waals surface area contributed by atoms with E-state index in [9.17, 15) is 0 Å². The molecule has 9 heteroatoms. The Hall–Kier alpha value is -3.62. The van der Waals surface area contributed by atoms with Crippen molar-refractivity contribution in [3.05, 3.63) is 49.1 Å². The van der Waals surface area contributed by atoms with E-state index in [1.165, 1.54) is 0 Å². The lowest BCUT2D eigenvalue weighted by atomic mass is 10.2. The number of fused-ring (bicyclic) bond motifs is 1. The van der Waals surface area contributed by atoms with Crippen molar-refractivity contribution >= 4 is 23.3 Å². The van der Waals surface area contributed by atoms with Crippen molar-refractivity contribution in [3.63, 3.8) is 0 Å². The van der Waals surface area contributed by atoms with Crippen molar-refractivity contribution in [2.24, 2.45) is 0 Å². The van der Waals surface area contributed by atoms with Gasteiger partial charge in [-0.05, 0) is 18.2 Å². The van der Waals surface area contributed by atoms with Crippen LogP contribution >= 0.6 is 0 Å². The van der Waals surface area contributed by atoms with E-state index in [0.29, 0.717) is 0 Å². The van der Waals surface area contributed by atoms with Crippen LogP contribution in [-0.4, -0.2) is 52.9 Å². The summed E-state index contributed by atoms with van der Waals surface area (Å²) in [5.41, 5.74) is 0.889. The predicted molar refractivity (Wildman–Crippen MR) is 104 cm³/mol. The fourth-order valence-electron chi connectivity index (χ4n) is 3.30. The van der Waals surface area contributed by atoms with Crippen LogP contribution in [0, 0.1) is 0 Å². The Morgan fingerprint density at radius 3 is 2.46 bits per heavy atom. The van der Waals surface area contributed by atoms with Gasteiger partial charge in [-0.1, -0.05) is 0 Å². The van der Waals surface area contributed by atoms with Crippen molar-refractivity contribution in [2.45, 2.75) is 0 Å². The Morgan fingerprint density at radius 2 is 1.61 bits per heavy atom. The lowest BCUT2D eigenvalue weighted by Gasteiger charge is -2.35. The van der Waals surface area contributed by atoms with Crippen molar-refractivity contribution in [1.29, 1.82) is 0 Å². The number of piperazine rings is 1. The molecule has 5 rings (SSSR count). The zero-order valence-electron chi connectivity index (χ0n) is 15.2. The number of hydrogen-bond acceptors (Lipinski definition) is 9. The molecule has 0 aliphatic carbocycles. The molecular weight excluding hydrogens is 358 g/mol. The van der Waals surface area contributed by atoms with Crippen LogP contribution in [-0.2, 0) is 0 Å². The van der Waals surface area contributed by atoms with Gasteiger partial charge in [0.25, 0.3) is 0 Å². The molecule has 2 aromatic heterocycles. The van der Waals surface area contributed by atoms with Crippen molar-refractivity contribution in [2.75, 3.05) is 48.1 Å². The van der Waals surface area contributed by atoms with Gasteiger partial charge in [0, 0.05) is 56.4 Å². The van der Waals surface area contributed by atoms with E-state index in [2.05, 4.69) is 35.1 Å². The molecule has 2 aliphatic heterocycles. The van der Waals surface area contributed by atoms with Gasteiger partial charge in [-0.2, -0.15) is 0 Å². The van der Waals surface area contributed by atoms with Gasteiger partial charge >= 0.3 is 0 Å². The lowest BCUT2D eigenvalue weighted by Crippen LogP contribution is -2.47. The molecule has 2 aliphatic rings. The van der Waals surface area contributed by atoms with E-state index in [0.717, 1.165) is 60.9 Å². The Labute approximate surface area is 162 Å². The highest BCUT2D eigenvalue weighted by atomic mass is 16.7. The van der Waals surface area contributed by atoms with Crippen molar-refractivity contribution in [1.82, 2.24) is 19.9 Å². The highest BCUT2D eigenvalue weighted by Crippen LogP contribution is 2.35. The zero-order valence-corrected chi connectivity index (χ0v) is 15.2. The van der Waals surface area contributed by atoms with Crippen LogP contribution in [0.4, 0.5) is 23.3 Å². The predicted octanol–water partition coefficient (Wildman–Crippen LogP) is 2.07. The summed E-state index contributed by atoms with van der Waals surface area (Å²) in [7, 11) is 0. The van der Waals surface area contributed by atoms with Crippen LogP contribution < -0.4 is 24.6 Å². The molecule has 0 spiro atoms. The van der Waals surface area contributed by atoms with E-state index in [-0.39, 0.29) is 6.79 Å². The van der Waals surface area contributed by atoms with Crippen molar-refractivity contribution < 1.29 is 9.47 Å². The largest absolute Gasteiger partial charge is 0.454 e. The van der Waals surface area contributed by atoms with Gasteiger partial charge in [0.1, 0.15) is 18.0 Å². The minimum atomic E-state index is 0.260. The molecule has 3 aromatic rings. The summed E-state index contributed by atoms with van der Waals surface area (Å²) in [6, 6.07) is 9.52. The maximum Gasteiger partial charge on any atom is 0.231 e. The van der Waals surface area contributed by atoms with Crippen LogP contribution in [0.5, 0.6) is 11.5 Å². The van der Waals surface area contributed by atoms with Gasteiger partial charge < -0.3 is 24.6 Å². The first-order valence-electron chi connectivity index (χ1n) is 9.11. The Morgan fingerprint density at radius 1 is 0.821 bits per heavy atom. The molecule has 0 saturated carbocycles. The molecule has 1 saturated heterocycles. The summed E-state index contributed by atoms with van der Waals surface area (Å²) < 4.78 is 10.8. The van der Waals surface area contributed by atoms with Crippen LogP contribution in [0.1, 0.15) is 0 Å². The third kappa shape index (κ3) is 3.34. The number of nitrogens with one attached hydrogen (secondary N) is 1. The minimum Gasteiger partial charge on any atom is -0.454 e. The molecule has 0 bridgehead atoms. The van der Waals surface area contributed by atoms with E-state index in [1.54, 1.807) is 18.7 Å². The molecule has 0 amide bonds.